The monoisotopic (exact) mass is 491 g/mol. The highest BCUT2D eigenvalue weighted by Gasteiger charge is 2.23. The van der Waals surface area contributed by atoms with E-state index in [-0.39, 0.29) is 6.42 Å². The van der Waals surface area contributed by atoms with E-state index in [1.165, 1.54) is 20.4 Å². The molecule has 0 saturated heterocycles. The zero-order valence-electron chi connectivity index (χ0n) is 20.7. The Hall–Kier alpha value is -3.76. The van der Waals surface area contributed by atoms with Gasteiger partial charge in [0.15, 0.2) is 0 Å². The van der Waals surface area contributed by atoms with Crippen LogP contribution in [0.25, 0.3) is 10.9 Å². The third-order valence-corrected chi connectivity index (χ3v) is 5.06. The molecule has 3 N–H and O–H groups in total. The normalized spacial score (nSPS) is 12.0. The maximum atomic E-state index is 12.8. The van der Waals surface area contributed by atoms with Gasteiger partial charge in [-0.2, -0.15) is 0 Å². The summed E-state index contributed by atoms with van der Waals surface area (Å²) in [4.78, 5) is 48.2. The first-order chi connectivity index (χ1) is 16.4. The lowest BCUT2D eigenvalue weighted by atomic mass is 10.1. The predicted octanol–water partition coefficient (Wildman–Crippen LogP) is 3.07. The van der Waals surface area contributed by atoms with Crippen molar-refractivity contribution in [2.24, 2.45) is 0 Å². The number of ether oxygens (including phenoxy) is 3. The number of carbonyl (C=O) groups excluding carboxylic acids is 3. The summed E-state index contributed by atoms with van der Waals surface area (Å²) < 4.78 is 16.2. The molecule has 192 valence electrons. The number of unbranched alkanes of at least 4 members (excludes halogenated alkanes) is 1. The number of carboxylic acid groups (broad SMARTS) is 1. The van der Waals surface area contributed by atoms with Crippen molar-refractivity contribution in [2.45, 2.75) is 58.1 Å². The van der Waals surface area contributed by atoms with Crippen molar-refractivity contribution in [2.75, 3.05) is 20.8 Å². The number of benzene rings is 1. The quantitative estimate of drug-likeness (QED) is 0.340. The molecule has 2 rings (SSSR count). The topological polar surface area (TPSA) is 145 Å². The summed E-state index contributed by atoms with van der Waals surface area (Å²) >= 11 is 0. The highest BCUT2D eigenvalue weighted by Crippen LogP contribution is 2.26. The first-order valence-corrected chi connectivity index (χ1v) is 11.2. The van der Waals surface area contributed by atoms with Crippen LogP contribution in [0, 0.1) is 0 Å². The number of methoxy groups -OCH3 is 2. The molecule has 1 aromatic heterocycles. The number of esters is 1. The fourth-order valence-electron chi connectivity index (χ4n) is 3.49. The standard InChI is InChI=1S/C24H33N3O8/c1-24(2,3)35-22(30)25-11-7-6-8-18(21(29)34-5)26-20(28)12-15-14-27(23(31)32)19-10-9-16(33-4)13-17(15)19/h9-10,13-14,18H,6-8,11-12H2,1-5H3,(H,25,30)(H,26,28)(H,31,32). The molecule has 0 spiro atoms. The van der Waals surface area contributed by atoms with Gasteiger partial charge >= 0.3 is 18.2 Å². The van der Waals surface area contributed by atoms with Crippen molar-refractivity contribution in [1.82, 2.24) is 15.2 Å². The first kappa shape index (κ1) is 27.5. The number of aromatic nitrogens is 1. The molecule has 1 unspecified atom stereocenters. The number of carbonyl (C=O) groups is 4. The minimum Gasteiger partial charge on any atom is -0.497 e. The molecular weight excluding hydrogens is 458 g/mol. The second kappa shape index (κ2) is 12.1. The SMILES string of the molecule is COC(=O)C(CCCCNC(=O)OC(C)(C)C)NC(=O)Cc1cn(C(=O)O)c2ccc(OC)cc12. The third-order valence-electron chi connectivity index (χ3n) is 5.06. The molecule has 0 saturated carbocycles. The Balaban J connectivity index is 1.99. The van der Waals surface area contributed by atoms with Gasteiger partial charge in [0.1, 0.15) is 17.4 Å². The van der Waals surface area contributed by atoms with Crippen LogP contribution in [-0.2, 0) is 25.5 Å². The summed E-state index contributed by atoms with van der Waals surface area (Å²) in [6.45, 7) is 5.66. The number of nitrogens with zero attached hydrogens (tertiary/aromatic N) is 1. The van der Waals surface area contributed by atoms with Crippen molar-refractivity contribution < 1.29 is 38.5 Å². The summed E-state index contributed by atoms with van der Waals surface area (Å²) in [6, 6.07) is 4.02. The average Bonchev–Trinajstić information content (AvgIpc) is 3.13. The van der Waals surface area contributed by atoms with Gasteiger partial charge in [-0.25, -0.2) is 14.4 Å². The Morgan fingerprint density at radius 2 is 1.83 bits per heavy atom. The van der Waals surface area contributed by atoms with E-state index in [1.54, 1.807) is 39.0 Å². The number of fused-ring (bicyclic) bond motifs is 1. The van der Waals surface area contributed by atoms with Gasteiger partial charge in [0.2, 0.25) is 5.91 Å². The first-order valence-electron chi connectivity index (χ1n) is 11.2. The lowest BCUT2D eigenvalue weighted by molar-refractivity contribution is -0.145. The van der Waals surface area contributed by atoms with Crippen LogP contribution in [0.2, 0.25) is 0 Å². The van der Waals surface area contributed by atoms with Gasteiger partial charge in [-0.05, 0) is 63.8 Å². The summed E-state index contributed by atoms with van der Waals surface area (Å²) in [5, 5.41) is 15.3. The average molecular weight is 492 g/mol. The number of amides is 2. The maximum Gasteiger partial charge on any atom is 0.416 e. The lowest BCUT2D eigenvalue weighted by Crippen LogP contribution is -2.42. The summed E-state index contributed by atoms with van der Waals surface area (Å²) in [5.41, 5.74) is 0.304. The van der Waals surface area contributed by atoms with Crippen LogP contribution < -0.4 is 15.4 Å². The lowest BCUT2D eigenvalue weighted by Gasteiger charge is -2.20. The number of nitrogens with one attached hydrogen (secondary N) is 2. The van der Waals surface area contributed by atoms with E-state index in [4.69, 9.17) is 14.2 Å². The van der Waals surface area contributed by atoms with Gasteiger partial charge < -0.3 is 30.0 Å². The van der Waals surface area contributed by atoms with E-state index in [2.05, 4.69) is 10.6 Å². The van der Waals surface area contributed by atoms with Crippen LogP contribution in [0.4, 0.5) is 9.59 Å². The summed E-state index contributed by atoms with van der Waals surface area (Å²) in [5.74, 6) is -0.526. The molecule has 0 aliphatic carbocycles. The Kier molecular flexibility index (Phi) is 9.50. The second-order valence-corrected chi connectivity index (χ2v) is 8.93. The molecule has 2 aromatic rings. The zero-order chi connectivity index (χ0) is 26.2. The number of rotatable bonds is 10. The predicted molar refractivity (Wildman–Crippen MR) is 128 cm³/mol. The van der Waals surface area contributed by atoms with Crippen LogP contribution in [0.3, 0.4) is 0 Å². The van der Waals surface area contributed by atoms with Crippen LogP contribution >= 0.6 is 0 Å². The Morgan fingerprint density at radius 1 is 1.11 bits per heavy atom. The molecule has 2 amide bonds. The van der Waals surface area contributed by atoms with Crippen LogP contribution in [0.5, 0.6) is 5.75 Å². The van der Waals surface area contributed by atoms with Gasteiger partial charge in [0.05, 0.1) is 26.2 Å². The molecule has 1 aromatic carbocycles. The molecule has 1 heterocycles. The molecule has 0 aliphatic heterocycles. The van der Waals surface area contributed by atoms with Gasteiger partial charge in [0, 0.05) is 18.1 Å². The number of alkyl carbamates (subject to hydrolysis) is 1. The van der Waals surface area contributed by atoms with Crippen molar-refractivity contribution in [1.29, 1.82) is 0 Å². The van der Waals surface area contributed by atoms with E-state index < -0.39 is 35.7 Å². The molecule has 11 heteroatoms. The van der Waals surface area contributed by atoms with Crippen molar-refractivity contribution in [3.8, 4) is 5.75 Å². The summed E-state index contributed by atoms with van der Waals surface area (Å²) in [6.07, 6.45) is 0.935. The molecule has 0 radical (unpaired) electrons. The smallest absolute Gasteiger partial charge is 0.416 e. The molecule has 0 bridgehead atoms. The van der Waals surface area contributed by atoms with Crippen molar-refractivity contribution >= 4 is 35.0 Å². The highest BCUT2D eigenvalue weighted by atomic mass is 16.6. The van der Waals surface area contributed by atoms with E-state index in [9.17, 15) is 24.3 Å². The van der Waals surface area contributed by atoms with Crippen LogP contribution in [-0.4, -0.2) is 66.1 Å². The Morgan fingerprint density at radius 3 is 2.43 bits per heavy atom. The molecule has 1 atom stereocenters. The fraction of sp³-hybridized carbons (Fsp3) is 0.500. The van der Waals surface area contributed by atoms with Gasteiger partial charge in [-0.3, -0.25) is 9.36 Å². The minimum absolute atomic E-state index is 0.141. The van der Waals surface area contributed by atoms with Gasteiger partial charge in [0.25, 0.3) is 0 Å². The Bertz CT molecular complexity index is 1070. The number of hydrogen-bond donors (Lipinski definition) is 3. The van der Waals surface area contributed by atoms with Gasteiger partial charge in [-0.15, -0.1) is 0 Å². The van der Waals surface area contributed by atoms with Crippen molar-refractivity contribution in [3.05, 3.63) is 30.0 Å². The molecule has 35 heavy (non-hydrogen) atoms. The van der Waals surface area contributed by atoms with E-state index in [0.29, 0.717) is 48.0 Å². The van der Waals surface area contributed by atoms with E-state index in [0.717, 1.165) is 4.57 Å². The number of hydrogen-bond acceptors (Lipinski definition) is 7. The minimum atomic E-state index is -1.18. The largest absolute Gasteiger partial charge is 0.497 e. The third kappa shape index (κ3) is 8.20. The second-order valence-electron chi connectivity index (χ2n) is 8.93. The van der Waals surface area contributed by atoms with E-state index in [1.807, 2.05) is 0 Å². The van der Waals surface area contributed by atoms with Gasteiger partial charge in [-0.1, -0.05) is 0 Å². The van der Waals surface area contributed by atoms with Crippen LogP contribution in [0.15, 0.2) is 24.4 Å². The Labute approximate surface area is 203 Å². The van der Waals surface area contributed by atoms with Crippen LogP contribution in [0.1, 0.15) is 45.6 Å². The van der Waals surface area contributed by atoms with Crippen molar-refractivity contribution in [3.63, 3.8) is 0 Å². The highest BCUT2D eigenvalue weighted by molar-refractivity contribution is 5.95. The molecular formula is C24H33N3O8. The molecule has 0 fully saturated rings. The fourth-order valence-corrected chi connectivity index (χ4v) is 3.49. The zero-order valence-corrected chi connectivity index (χ0v) is 20.7. The summed E-state index contributed by atoms with van der Waals surface area (Å²) in [7, 11) is 2.73. The maximum absolute atomic E-state index is 12.8. The van der Waals surface area contributed by atoms with E-state index >= 15 is 0 Å². The molecule has 0 aliphatic rings. The molecule has 11 nitrogen and oxygen atoms in total.